The number of carbonyl (C=O) groups excluding carboxylic acids is 2. The van der Waals surface area contributed by atoms with Crippen molar-refractivity contribution >= 4 is 45.3 Å². The van der Waals surface area contributed by atoms with Crippen LogP contribution in [-0.2, 0) is 0 Å². The smallest absolute Gasteiger partial charge is 0.266 e. The second kappa shape index (κ2) is 10.6. The molecular weight excluding hydrogens is 503 g/mol. The lowest BCUT2D eigenvalue weighted by molar-refractivity contribution is 0.0952. The minimum absolute atomic E-state index is 0.0263. The van der Waals surface area contributed by atoms with Crippen molar-refractivity contribution in [1.82, 2.24) is 19.9 Å². The van der Waals surface area contributed by atoms with Gasteiger partial charge in [-0.1, -0.05) is 36.9 Å². The largest absolute Gasteiger partial charge is 0.358 e. The maximum absolute atomic E-state index is 13.6. The molecule has 9 heteroatoms. The first kappa shape index (κ1) is 25.4. The van der Waals surface area contributed by atoms with Gasteiger partial charge in [-0.25, -0.2) is 9.37 Å². The summed E-state index contributed by atoms with van der Waals surface area (Å²) in [6, 6.07) is 17.8. The second-order valence-corrected chi connectivity index (χ2v) is 9.82. The number of carbonyl (C=O) groups is 2. The third-order valence-electron chi connectivity index (χ3n) is 6.23. The Labute approximate surface area is 222 Å². The lowest BCUT2D eigenvalue weighted by Crippen LogP contribution is -2.25. The lowest BCUT2D eigenvalue weighted by Gasteiger charge is -2.14. The van der Waals surface area contributed by atoms with Gasteiger partial charge in [-0.15, -0.1) is 0 Å². The molecule has 2 N–H and O–H groups in total. The number of hydrogen-bond donors (Lipinski definition) is 2. The van der Waals surface area contributed by atoms with E-state index in [4.69, 9.17) is 0 Å². The van der Waals surface area contributed by atoms with Crippen LogP contribution >= 0.6 is 11.8 Å². The monoisotopic (exact) mass is 528 g/mol. The molecule has 38 heavy (non-hydrogen) atoms. The summed E-state index contributed by atoms with van der Waals surface area (Å²) >= 11 is 1.12. The molecule has 7 nitrogen and oxygen atoms in total. The number of Topliss-reactive ketones (excluding diaryl/α,β-unsaturated/α-hetero) is 1. The number of aromatic amines is 1. The first-order valence-corrected chi connectivity index (χ1v) is 13.2. The molecule has 1 amide bonds. The van der Waals surface area contributed by atoms with Crippen LogP contribution in [0.3, 0.4) is 0 Å². The van der Waals surface area contributed by atoms with Crippen LogP contribution in [0.2, 0.25) is 0 Å². The Kier molecular flexibility index (Phi) is 7.11. The topological polar surface area (TPSA) is 96.9 Å². The van der Waals surface area contributed by atoms with Gasteiger partial charge in [0, 0.05) is 34.3 Å². The number of H-pyrrole nitrogens is 1. The molecule has 0 aliphatic rings. The number of amides is 1. The highest BCUT2D eigenvalue weighted by Gasteiger charge is 2.20. The Bertz CT molecular complexity index is 1740. The highest BCUT2D eigenvalue weighted by atomic mass is 32.2. The van der Waals surface area contributed by atoms with Crippen molar-refractivity contribution in [2.75, 3.05) is 12.3 Å². The molecule has 3 aromatic carbocycles. The van der Waals surface area contributed by atoms with Crippen molar-refractivity contribution in [2.24, 2.45) is 0 Å². The van der Waals surface area contributed by atoms with Crippen LogP contribution in [0.5, 0.6) is 0 Å². The van der Waals surface area contributed by atoms with Gasteiger partial charge in [-0.3, -0.25) is 19.0 Å². The number of fused-ring (bicyclic) bond motifs is 2. The average molecular weight is 529 g/mol. The summed E-state index contributed by atoms with van der Waals surface area (Å²) in [6.07, 6.45) is 0.796. The average Bonchev–Trinajstić information content (AvgIpc) is 3.26. The highest BCUT2D eigenvalue weighted by molar-refractivity contribution is 7.99. The predicted molar refractivity (Wildman–Crippen MR) is 148 cm³/mol. The molecule has 0 unspecified atom stereocenters. The number of thioether (sulfide) groups is 1. The SMILES string of the molecule is CCCNC(=O)c1ccc2c(=O)n(-c3ccc(F)cc3)c(SCC(=O)c3c(C)[nH]c4ccccc34)nc2c1. The molecule has 0 atom stereocenters. The number of nitrogens with one attached hydrogen (secondary N) is 2. The summed E-state index contributed by atoms with van der Waals surface area (Å²) in [7, 11) is 0. The van der Waals surface area contributed by atoms with E-state index in [1.807, 2.05) is 38.1 Å². The number of para-hydroxylation sites is 1. The molecule has 2 heterocycles. The van der Waals surface area contributed by atoms with E-state index in [0.717, 1.165) is 34.8 Å². The molecular formula is C29H25FN4O3S. The maximum atomic E-state index is 13.6. The zero-order chi connectivity index (χ0) is 26.8. The van der Waals surface area contributed by atoms with Gasteiger partial charge in [0.15, 0.2) is 10.9 Å². The number of benzene rings is 3. The molecule has 2 aromatic heterocycles. The third-order valence-corrected chi connectivity index (χ3v) is 7.16. The summed E-state index contributed by atoms with van der Waals surface area (Å²) in [4.78, 5) is 47.4. The number of aromatic nitrogens is 3. The molecule has 0 fully saturated rings. The number of ketones is 1. The molecule has 0 bridgehead atoms. The van der Waals surface area contributed by atoms with Crippen LogP contribution in [-0.4, -0.2) is 38.5 Å². The standard InChI is InChI=1S/C29H25FN4O3S/c1-3-14-31-27(36)18-8-13-22-24(15-18)33-29(34(28(22)37)20-11-9-19(30)10-12-20)38-16-25(35)26-17(2)32-23-7-5-4-6-21(23)26/h4-13,15,32H,3,14,16H2,1-2H3,(H,31,36). The summed E-state index contributed by atoms with van der Waals surface area (Å²) in [5.41, 5.74) is 3.02. The number of hydrogen-bond acceptors (Lipinski definition) is 5. The van der Waals surface area contributed by atoms with E-state index in [0.29, 0.717) is 34.3 Å². The molecule has 5 aromatic rings. The quantitative estimate of drug-likeness (QED) is 0.159. The van der Waals surface area contributed by atoms with Crippen molar-refractivity contribution in [1.29, 1.82) is 0 Å². The van der Waals surface area contributed by atoms with Gasteiger partial charge >= 0.3 is 0 Å². The summed E-state index contributed by atoms with van der Waals surface area (Å²) < 4.78 is 15.0. The van der Waals surface area contributed by atoms with Crippen molar-refractivity contribution in [3.63, 3.8) is 0 Å². The predicted octanol–water partition coefficient (Wildman–Crippen LogP) is 5.43. The van der Waals surface area contributed by atoms with Crippen molar-refractivity contribution in [2.45, 2.75) is 25.4 Å². The zero-order valence-electron chi connectivity index (χ0n) is 20.9. The highest BCUT2D eigenvalue weighted by Crippen LogP contribution is 2.27. The van der Waals surface area contributed by atoms with Gasteiger partial charge in [-0.2, -0.15) is 0 Å². The van der Waals surface area contributed by atoms with Crippen LogP contribution in [0, 0.1) is 12.7 Å². The zero-order valence-corrected chi connectivity index (χ0v) is 21.7. The summed E-state index contributed by atoms with van der Waals surface area (Å²) in [6.45, 7) is 4.35. The van der Waals surface area contributed by atoms with Gasteiger partial charge in [-0.05, 0) is 61.9 Å². The van der Waals surface area contributed by atoms with E-state index < -0.39 is 5.82 Å². The summed E-state index contributed by atoms with van der Waals surface area (Å²) in [5.74, 6) is -0.772. The molecule has 0 aliphatic heterocycles. The van der Waals surface area contributed by atoms with E-state index in [9.17, 15) is 18.8 Å². The van der Waals surface area contributed by atoms with E-state index in [1.54, 1.807) is 18.2 Å². The van der Waals surface area contributed by atoms with Crippen LogP contribution in [0.25, 0.3) is 27.5 Å². The van der Waals surface area contributed by atoms with E-state index in [2.05, 4.69) is 15.3 Å². The van der Waals surface area contributed by atoms with E-state index in [-0.39, 0.29) is 28.2 Å². The fourth-order valence-electron chi connectivity index (χ4n) is 4.40. The van der Waals surface area contributed by atoms with Gasteiger partial charge in [0.1, 0.15) is 5.82 Å². The second-order valence-electron chi connectivity index (χ2n) is 8.88. The number of halogens is 1. The molecule has 0 radical (unpaired) electrons. The fourth-order valence-corrected chi connectivity index (χ4v) is 5.28. The van der Waals surface area contributed by atoms with Crippen LogP contribution in [0.4, 0.5) is 4.39 Å². The third kappa shape index (κ3) is 4.84. The Morgan fingerprint density at radius 1 is 1.05 bits per heavy atom. The first-order chi connectivity index (χ1) is 18.4. The van der Waals surface area contributed by atoms with Crippen molar-refractivity contribution in [3.05, 3.63) is 99.7 Å². The minimum Gasteiger partial charge on any atom is -0.358 e. The molecule has 0 spiro atoms. The Morgan fingerprint density at radius 2 is 1.82 bits per heavy atom. The Morgan fingerprint density at radius 3 is 2.58 bits per heavy atom. The van der Waals surface area contributed by atoms with Crippen LogP contribution < -0.4 is 10.9 Å². The lowest BCUT2D eigenvalue weighted by atomic mass is 10.1. The first-order valence-electron chi connectivity index (χ1n) is 12.2. The molecule has 0 aliphatic carbocycles. The van der Waals surface area contributed by atoms with Gasteiger partial charge in [0.2, 0.25) is 0 Å². The van der Waals surface area contributed by atoms with Crippen molar-refractivity contribution < 1.29 is 14.0 Å². The van der Waals surface area contributed by atoms with E-state index >= 15 is 0 Å². The number of rotatable bonds is 8. The number of aryl methyl sites for hydroxylation is 1. The van der Waals surface area contributed by atoms with Gasteiger partial charge < -0.3 is 10.3 Å². The molecule has 0 saturated heterocycles. The van der Waals surface area contributed by atoms with Crippen molar-refractivity contribution in [3.8, 4) is 5.69 Å². The Hall–Kier alpha value is -4.24. The van der Waals surface area contributed by atoms with Gasteiger partial charge in [0.25, 0.3) is 11.5 Å². The fraction of sp³-hybridized carbons (Fsp3) is 0.172. The molecule has 5 rings (SSSR count). The number of nitrogens with zero attached hydrogens (tertiary/aromatic N) is 2. The minimum atomic E-state index is -0.433. The Balaban J connectivity index is 1.57. The van der Waals surface area contributed by atoms with Gasteiger partial charge in [0.05, 0.1) is 22.3 Å². The van der Waals surface area contributed by atoms with E-state index in [1.165, 1.54) is 28.8 Å². The normalized spacial score (nSPS) is 11.2. The molecule has 192 valence electrons. The summed E-state index contributed by atoms with van der Waals surface area (Å²) in [5, 5.41) is 4.24. The maximum Gasteiger partial charge on any atom is 0.266 e. The molecule has 0 saturated carbocycles. The van der Waals surface area contributed by atoms with Crippen LogP contribution in [0.15, 0.2) is 76.7 Å². The van der Waals surface area contributed by atoms with Crippen LogP contribution in [0.1, 0.15) is 39.8 Å².